The molecule has 7 heteroatoms. The summed E-state index contributed by atoms with van der Waals surface area (Å²) in [4.78, 5) is 17.7. The van der Waals surface area contributed by atoms with Crippen molar-refractivity contribution in [3.63, 3.8) is 0 Å². The van der Waals surface area contributed by atoms with Crippen molar-refractivity contribution in [2.24, 2.45) is 4.99 Å². The van der Waals surface area contributed by atoms with Gasteiger partial charge in [0.1, 0.15) is 17.4 Å². The van der Waals surface area contributed by atoms with Crippen LogP contribution in [0, 0.1) is 11.5 Å². The van der Waals surface area contributed by atoms with Gasteiger partial charge in [-0.3, -0.25) is 4.79 Å². The number of carbonyl (C=O) groups excluding carboxylic acids is 1. The van der Waals surface area contributed by atoms with E-state index in [1.165, 1.54) is 6.92 Å². The third-order valence-electron chi connectivity index (χ3n) is 4.50. The van der Waals surface area contributed by atoms with Crippen LogP contribution in [0.5, 0.6) is 5.75 Å². The number of fused-ring (bicyclic) bond motifs is 1. The second kappa shape index (κ2) is 6.63. The fourth-order valence-electron chi connectivity index (χ4n) is 3.50. The van der Waals surface area contributed by atoms with Gasteiger partial charge in [0.25, 0.3) is 0 Å². The van der Waals surface area contributed by atoms with Crippen molar-refractivity contribution in [1.82, 2.24) is 10.2 Å². The lowest BCUT2D eigenvalue weighted by atomic mass is 9.85. The molecule has 0 bridgehead atoms. The van der Waals surface area contributed by atoms with E-state index in [0.717, 1.165) is 24.3 Å². The molecule has 7 nitrogen and oxygen atoms in total. The Morgan fingerprint density at radius 3 is 2.96 bits per heavy atom. The monoisotopic (exact) mass is 342 g/mol. The van der Waals surface area contributed by atoms with Gasteiger partial charge in [0, 0.05) is 25.6 Å². The number of carbonyl (C=O) groups is 1. The summed E-state index contributed by atoms with van der Waals surface area (Å²) in [6.45, 7) is 6.67. The van der Waals surface area contributed by atoms with E-state index in [0.29, 0.717) is 12.5 Å². The van der Waals surface area contributed by atoms with Crippen molar-refractivity contribution in [1.29, 1.82) is 5.26 Å². The molecule has 2 unspecified atom stereocenters. The Morgan fingerprint density at radius 2 is 2.24 bits per heavy atom. The van der Waals surface area contributed by atoms with Gasteiger partial charge in [0.05, 0.1) is 0 Å². The van der Waals surface area contributed by atoms with E-state index in [1.807, 2.05) is 49.2 Å². The van der Waals surface area contributed by atoms with E-state index in [1.54, 1.807) is 0 Å². The van der Waals surface area contributed by atoms with Crippen molar-refractivity contribution in [2.45, 2.75) is 44.9 Å². The van der Waals surface area contributed by atoms with Gasteiger partial charge in [-0.2, -0.15) is 5.26 Å². The molecule has 1 aromatic carbocycles. The van der Waals surface area contributed by atoms with Crippen LogP contribution in [0.1, 0.15) is 38.8 Å². The molecule has 1 fully saturated rings. The molecule has 132 valence electrons. The summed E-state index contributed by atoms with van der Waals surface area (Å²) >= 11 is 0. The van der Waals surface area contributed by atoms with Crippen molar-refractivity contribution >= 4 is 11.9 Å². The van der Waals surface area contributed by atoms with Crippen molar-refractivity contribution in [3.05, 3.63) is 29.8 Å². The highest BCUT2D eigenvalue weighted by molar-refractivity contribution is 5.82. The summed E-state index contributed by atoms with van der Waals surface area (Å²) in [7, 11) is 0. The molecule has 1 saturated heterocycles. The number of aliphatic imine (C=N–C) groups is 1. The standard InChI is InChI=1S/C18H22N4O3/c1-12(23)24-16-15(22-10-6-9-20-17(22)21-11-19)13-7-4-5-8-14(13)25-18(16,2)3/h4-5,7-8,15-16H,6,9-10H2,1-3H3,(H,20,21). The third-order valence-corrected chi connectivity index (χ3v) is 4.50. The topological polar surface area (TPSA) is 87.0 Å². The molecule has 0 spiro atoms. The first kappa shape index (κ1) is 17.1. The predicted octanol–water partition coefficient (Wildman–Crippen LogP) is 1.96. The summed E-state index contributed by atoms with van der Waals surface area (Å²) in [6, 6.07) is 7.42. The van der Waals surface area contributed by atoms with Crippen LogP contribution in [0.4, 0.5) is 0 Å². The average molecular weight is 342 g/mol. The van der Waals surface area contributed by atoms with E-state index >= 15 is 0 Å². The summed E-state index contributed by atoms with van der Waals surface area (Å²) in [5.41, 5.74) is 0.197. The molecule has 0 aliphatic carbocycles. The van der Waals surface area contributed by atoms with Gasteiger partial charge in [-0.25, -0.2) is 0 Å². The van der Waals surface area contributed by atoms with Crippen LogP contribution in [-0.4, -0.2) is 41.6 Å². The molecule has 1 aromatic rings. The van der Waals surface area contributed by atoms with E-state index in [9.17, 15) is 4.79 Å². The number of rotatable bonds is 2. The molecule has 1 N–H and O–H groups in total. The molecular weight excluding hydrogens is 320 g/mol. The number of esters is 1. The second-order valence-electron chi connectivity index (χ2n) is 6.73. The Bertz CT molecular complexity index is 738. The number of guanidine groups is 1. The van der Waals surface area contributed by atoms with Crippen LogP contribution < -0.4 is 10.1 Å². The summed E-state index contributed by atoms with van der Waals surface area (Å²) < 4.78 is 11.8. The zero-order chi connectivity index (χ0) is 18.0. The van der Waals surface area contributed by atoms with E-state index in [4.69, 9.17) is 14.7 Å². The minimum Gasteiger partial charge on any atom is -0.484 e. The lowest BCUT2D eigenvalue weighted by molar-refractivity contribution is -0.167. The number of para-hydroxylation sites is 1. The van der Waals surface area contributed by atoms with Crippen LogP contribution in [0.15, 0.2) is 29.3 Å². The zero-order valence-corrected chi connectivity index (χ0v) is 14.7. The molecule has 25 heavy (non-hydrogen) atoms. The minimum absolute atomic E-state index is 0.288. The van der Waals surface area contributed by atoms with Crippen molar-refractivity contribution in [2.75, 3.05) is 13.1 Å². The summed E-state index contributed by atoms with van der Waals surface area (Å²) in [5.74, 6) is 0.890. The molecule has 0 aromatic heterocycles. The predicted molar refractivity (Wildman–Crippen MR) is 91.8 cm³/mol. The zero-order valence-electron chi connectivity index (χ0n) is 14.7. The minimum atomic E-state index is -0.722. The SMILES string of the molecule is CC(=O)OC1C(N2CCCNC2=NC#N)c2ccccc2OC1(C)C. The maximum atomic E-state index is 11.8. The molecule has 3 rings (SSSR count). The van der Waals surface area contributed by atoms with Crippen LogP contribution in [0.25, 0.3) is 0 Å². The van der Waals surface area contributed by atoms with Crippen LogP contribution in [-0.2, 0) is 9.53 Å². The number of ether oxygens (including phenoxy) is 2. The highest BCUT2D eigenvalue weighted by Crippen LogP contribution is 2.44. The summed E-state index contributed by atoms with van der Waals surface area (Å²) in [5, 5.41) is 12.2. The number of hydrogen-bond donors (Lipinski definition) is 1. The Kier molecular flexibility index (Phi) is 4.53. The fourth-order valence-corrected chi connectivity index (χ4v) is 3.50. The quantitative estimate of drug-likeness (QED) is 0.653. The highest BCUT2D eigenvalue weighted by atomic mass is 16.6. The Morgan fingerprint density at radius 1 is 1.48 bits per heavy atom. The Balaban J connectivity index is 2.12. The van der Waals surface area contributed by atoms with E-state index in [-0.39, 0.29) is 12.0 Å². The smallest absolute Gasteiger partial charge is 0.303 e. The molecule has 0 saturated carbocycles. The normalized spacial score (nSPS) is 26.0. The number of nitrogens with one attached hydrogen (secondary N) is 1. The van der Waals surface area contributed by atoms with Gasteiger partial charge in [0.15, 0.2) is 6.10 Å². The lowest BCUT2D eigenvalue weighted by Crippen LogP contribution is -2.59. The first-order valence-electron chi connectivity index (χ1n) is 8.36. The largest absolute Gasteiger partial charge is 0.484 e. The van der Waals surface area contributed by atoms with E-state index < -0.39 is 11.7 Å². The van der Waals surface area contributed by atoms with Gasteiger partial charge in [0.2, 0.25) is 12.2 Å². The molecule has 2 heterocycles. The van der Waals surface area contributed by atoms with Crippen LogP contribution >= 0.6 is 0 Å². The number of nitriles is 1. The molecule has 2 aliphatic rings. The fraction of sp³-hybridized carbons (Fsp3) is 0.500. The number of benzene rings is 1. The lowest BCUT2D eigenvalue weighted by Gasteiger charge is -2.49. The van der Waals surface area contributed by atoms with Crippen molar-refractivity contribution < 1.29 is 14.3 Å². The van der Waals surface area contributed by atoms with Crippen LogP contribution in [0.2, 0.25) is 0 Å². The molecule has 0 amide bonds. The summed E-state index contributed by atoms with van der Waals surface area (Å²) in [6.07, 6.45) is 2.21. The van der Waals surface area contributed by atoms with Gasteiger partial charge in [-0.05, 0) is 26.3 Å². The second-order valence-corrected chi connectivity index (χ2v) is 6.73. The van der Waals surface area contributed by atoms with Gasteiger partial charge in [-0.15, -0.1) is 4.99 Å². The maximum absolute atomic E-state index is 11.8. The average Bonchev–Trinajstić information content (AvgIpc) is 2.56. The van der Waals surface area contributed by atoms with E-state index in [2.05, 4.69) is 10.3 Å². The first-order chi connectivity index (χ1) is 11.9. The van der Waals surface area contributed by atoms with Crippen LogP contribution in [0.3, 0.4) is 0 Å². The van der Waals surface area contributed by atoms with Crippen molar-refractivity contribution in [3.8, 4) is 11.9 Å². The third kappa shape index (κ3) is 3.25. The maximum Gasteiger partial charge on any atom is 0.303 e. The van der Waals surface area contributed by atoms with Gasteiger partial charge >= 0.3 is 5.97 Å². The Hall–Kier alpha value is -2.75. The number of nitrogens with zero attached hydrogens (tertiary/aromatic N) is 3. The Labute approximate surface area is 147 Å². The molecule has 0 radical (unpaired) electrons. The molecule has 2 aliphatic heterocycles. The first-order valence-corrected chi connectivity index (χ1v) is 8.36. The molecule has 2 atom stereocenters. The number of hydrogen-bond acceptors (Lipinski definition) is 5. The molecular formula is C18H22N4O3. The highest BCUT2D eigenvalue weighted by Gasteiger charge is 2.49. The van der Waals surface area contributed by atoms with Gasteiger partial charge in [-0.1, -0.05) is 18.2 Å². The van der Waals surface area contributed by atoms with Gasteiger partial charge < -0.3 is 19.7 Å².